The van der Waals surface area contributed by atoms with Gasteiger partial charge in [0.1, 0.15) is 5.60 Å². The summed E-state index contributed by atoms with van der Waals surface area (Å²) in [5.41, 5.74) is -0.386. The molecule has 0 radical (unpaired) electrons. The summed E-state index contributed by atoms with van der Waals surface area (Å²) >= 11 is 0. The summed E-state index contributed by atoms with van der Waals surface area (Å²) in [6.45, 7) is 7.88. The maximum absolute atomic E-state index is 11.4. The summed E-state index contributed by atoms with van der Waals surface area (Å²) in [6.07, 6.45) is 1.04. The lowest BCUT2D eigenvalue weighted by molar-refractivity contribution is -0.155. The number of rotatable bonds is 6. The summed E-state index contributed by atoms with van der Waals surface area (Å²) in [5.74, 6) is -0.158. The van der Waals surface area contributed by atoms with Crippen LogP contribution >= 0.6 is 0 Å². The van der Waals surface area contributed by atoms with Crippen molar-refractivity contribution in [3.63, 3.8) is 0 Å². The minimum atomic E-state index is -0.386. The number of nitrogens with zero attached hydrogens (tertiary/aromatic N) is 1. The van der Waals surface area contributed by atoms with Gasteiger partial charge in [0.2, 0.25) is 0 Å². The van der Waals surface area contributed by atoms with Crippen molar-refractivity contribution in [2.45, 2.75) is 32.8 Å². The second-order valence-electron chi connectivity index (χ2n) is 4.78. The van der Waals surface area contributed by atoms with E-state index in [-0.39, 0.29) is 11.6 Å². The number of hydrogen-bond acceptors (Lipinski definition) is 4. The molecule has 0 aromatic rings. The van der Waals surface area contributed by atoms with Crippen molar-refractivity contribution in [1.29, 1.82) is 0 Å². The Bertz CT molecular complexity index is 188. The predicted molar refractivity (Wildman–Crippen MR) is 61.9 cm³/mol. The quantitative estimate of drug-likeness (QED) is 0.528. The minimum absolute atomic E-state index is 0.158. The van der Waals surface area contributed by atoms with Crippen LogP contribution in [0.3, 0.4) is 0 Å². The molecule has 0 unspecified atom stereocenters. The number of nitrogens with one attached hydrogen (secondary N) is 1. The second-order valence-corrected chi connectivity index (χ2v) is 4.78. The Kier molecular flexibility index (Phi) is 6.52. The largest absolute Gasteiger partial charge is 0.459 e. The molecule has 0 atom stereocenters. The van der Waals surface area contributed by atoms with E-state index in [4.69, 9.17) is 4.74 Å². The molecule has 0 aliphatic carbocycles. The number of carbonyl (C=O) groups excluding carboxylic acids is 1. The van der Waals surface area contributed by atoms with Crippen molar-refractivity contribution >= 4 is 5.97 Å². The molecular formula is C11H24N2O2. The Morgan fingerprint density at radius 2 is 2.00 bits per heavy atom. The van der Waals surface area contributed by atoms with Gasteiger partial charge in [-0.15, -0.1) is 0 Å². The molecule has 0 rings (SSSR count). The third-order valence-corrected chi connectivity index (χ3v) is 1.79. The lowest BCUT2D eigenvalue weighted by Gasteiger charge is -2.22. The van der Waals surface area contributed by atoms with Gasteiger partial charge in [0, 0.05) is 0 Å². The first-order chi connectivity index (χ1) is 6.85. The van der Waals surface area contributed by atoms with E-state index in [1.807, 2.05) is 39.8 Å². The Balaban J connectivity index is 3.67. The molecule has 0 spiro atoms. The standard InChI is InChI=1S/C11H24N2O2/c1-11(2,3)15-10(14)9-13(5)8-6-7-12-4/h12H,6-9H2,1-5H3. The summed E-state index contributed by atoms with van der Waals surface area (Å²) < 4.78 is 5.22. The smallest absolute Gasteiger partial charge is 0.320 e. The van der Waals surface area contributed by atoms with Gasteiger partial charge >= 0.3 is 5.97 Å². The molecule has 90 valence electrons. The number of likely N-dealkylation sites (N-methyl/N-ethyl adjacent to an activating group) is 1. The van der Waals surface area contributed by atoms with E-state index in [2.05, 4.69) is 5.32 Å². The topological polar surface area (TPSA) is 41.6 Å². The molecule has 0 aromatic heterocycles. The zero-order valence-corrected chi connectivity index (χ0v) is 10.6. The highest BCUT2D eigenvalue weighted by molar-refractivity contribution is 5.72. The Morgan fingerprint density at radius 1 is 1.40 bits per heavy atom. The Morgan fingerprint density at radius 3 is 2.47 bits per heavy atom. The average Bonchev–Trinajstić information content (AvgIpc) is 2.00. The van der Waals surface area contributed by atoms with E-state index < -0.39 is 0 Å². The molecule has 0 saturated heterocycles. The molecule has 0 heterocycles. The van der Waals surface area contributed by atoms with Gasteiger partial charge in [0.05, 0.1) is 6.54 Å². The fourth-order valence-corrected chi connectivity index (χ4v) is 1.20. The van der Waals surface area contributed by atoms with Crippen LogP contribution in [0.2, 0.25) is 0 Å². The van der Waals surface area contributed by atoms with Gasteiger partial charge in [-0.1, -0.05) is 0 Å². The molecular weight excluding hydrogens is 192 g/mol. The van der Waals surface area contributed by atoms with Crippen LogP contribution in [0, 0.1) is 0 Å². The zero-order valence-electron chi connectivity index (χ0n) is 10.6. The summed E-state index contributed by atoms with van der Waals surface area (Å²) in [5, 5.41) is 3.07. The molecule has 4 heteroatoms. The molecule has 4 nitrogen and oxygen atoms in total. The zero-order chi connectivity index (χ0) is 11.9. The van der Waals surface area contributed by atoms with Gasteiger partial charge in [-0.2, -0.15) is 0 Å². The van der Waals surface area contributed by atoms with Crippen molar-refractivity contribution in [1.82, 2.24) is 10.2 Å². The van der Waals surface area contributed by atoms with Crippen LogP contribution in [0.4, 0.5) is 0 Å². The molecule has 15 heavy (non-hydrogen) atoms. The van der Waals surface area contributed by atoms with E-state index in [0.717, 1.165) is 19.5 Å². The van der Waals surface area contributed by atoms with E-state index in [1.54, 1.807) is 0 Å². The van der Waals surface area contributed by atoms with Crippen LogP contribution in [0.5, 0.6) is 0 Å². The predicted octanol–water partition coefficient (Wildman–Crippen LogP) is 0.869. The third-order valence-electron chi connectivity index (χ3n) is 1.79. The van der Waals surface area contributed by atoms with Gasteiger partial charge < -0.3 is 10.1 Å². The van der Waals surface area contributed by atoms with Crippen molar-refractivity contribution in [3.05, 3.63) is 0 Å². The van der Waals surface area contributed by atoms with Gasteiger partial charge in [0.25, 0.3) is 0 Å². The minimum Gasteiger partial charge on any atom is -0.459 e. The maximum atomic E-state index is 11.4. The van der Waals surface area contributed by atoms with Gasteiger partial charge in [0.15, 0.2) is 0 Å². The van der Waals surface area contributed by atoms with Gasteiger partial charge in [-0.3, -0.25) is 9.69 Å². The summed E-state index contributed by atoms with van der Waals surface area (Å²) in [6, 6.07) is 0. The highest BCUT2D eigenvalue weighted by Gasteiger charge is 2.17. The van der Waals surface area contributed by atoms with Crippen LogP contribution in [-0.4, -0.2) is 50.2 Å². The molecule has 0 amide bonds. The number of carbonyl (C=O) groups is 1. The molecule has 1 N–H and O–H groups in total. The molecule has 0 aliphatic rings. The Hall–Kier alpha value is -0.610. The van der Waals surface area contributed by atoms with Crippen molar-refractivity contribution in [2.75, 3.05) is 33.7 Å². The fraction of sp³-hybridized carbons (Fsp3) is 0.909. The first kappa shape index (κ1) is 14.4. The average molecular weight is 216 g/mol. The first-order valence-corrected chi connectivity index (χ1v) is 5.40. The lowest BCUT2D eigenvalue weighted by Crippen LogP contribution is -2.33. The highest BCUT2D eigenvalue weighted by atomic mass is 16.6. The van der Waals surface area contributed by atoms with Crippen molar-refractivity contribution in [2.24, 2.45) is 0 Å². The summed E-state index contributed by atoms with van der Waals surface area (Å²) in [4.78, 5) is 13.4. The van der Waals surface area contributed by atoms with Crippen molar-refractivity contribution < 1.29 is 9.53 Å². The number of ether oxygens (including phenoxy) is 1. The summed E-state index contributed by atoms with van der Waals surface area (Å²) in [7, 11) is 3.85. The molecule has 0 saturated carbocycles. The highest BCUT2D eigenvalue weighted by Crippen LogP contribution is 2.07. The van der Waals surface area contributed by atoms with Crippen LogP contribution < -0.4 is 5.32 Å². The first-order valence-electron chi connectivity index (χ1n) is 5.40. The SMILES string of the molecule is CNCCCN(C)CC(=O)OC(C)(C)C. The second kappa shape index (κ2) is 6.80. The number of esters is 1. The van der Waals surface area contributed by atoms with Crippen LogP contribution in [0.15, 0.2) is 0 Å². The molecule has 0 aromatic carbocycles. The van der Waals surface area contributed by atoms with Crippen LogP contribution in [0.25, 0.3) is 0 Å². The van der Waals surface area contributed by atoms with E-state index in [9.17, 15) is 4.79 Å². The lowest BCUT2D eigenvalue weighted by atomic mass is 10.2. The van der Waals surface area contributed by atoms with Crippen molar-refractivity contribution in [3.8, 4) is 0 Å². The molecule has 0 fully saturated rings. The third kappa shape index (κ3) is 9.69. The van der Waals surface area contributed by atoms with E-state index >= 15 is 0 Å². The maximum Gasteiger partial charge on any atom is 0.320 e. The molecule has 0 aliphatic heterocycles. The monoisotopic (exact) mass is 216 g/mol. The fourth-order valence-electron chi connectivity index (χ4n) is 1.20. The van der Waals surface area contributed by atoms with Crippen LogP contribution in [-0.2, 0) is 9.53 Å². The Labute approximate surface area is 93.0 Å². The van der Waals surface area contributed by atoms with Gasteiger partial charge in [-0.05, 0) is 54.4 Å². The number of hydrogen-bond donors (Lipinski definition) is 1. The van der Waals surface area contributed by atoms with Crippen LogP contribution in [0.1, 0.15) is 27.2 Å². The van der Waals surface area contributed by atoms with E-state index in [0.29, 0.717) is 6.54 Å². The van der Waals surface area contributed by atoms with Gasteiger partial charge in [-0.25, -0.2) is 0 Å². The normalized spacial score (nSPS) is 11.9. The molecule has 0 bridgehead atoms. The van der Waals surface area contributed by atoms with E-state index in [1.165, 1.54) is 0 Å².